The summed E-state index contributed by atoms with van der Waals surface area (Å²) in [6.07, 6.45) is 1.38. The highest BCUT2D eigenvalue weighted by Crippen LogP contribution is 2.24. The molecule has 0 aromatic carbocycles. The van der Waals surface area contributed by atoms with E-state index >= 15 is 0 Å². The molecule has 2 heterocycles. The molecule has 3 nitrogen and oxygen atoms in total. The lowest BCUT2D eigenvalue weighted by Crippen LogP contribution is -2.09. The van der Waals surface area contributed by atoms with Gasteiger partial charge in [-0.2, -0.15) is 5.10 Å². The zero-order chi connectivity index (χ0) is 14.0. The third-order valence-electron chi connectivity index (χ3n) is 3.07. The summed E-state index contributed by atoms with van der Waals surface area (Å²) in [4.78, 5) is 14.4. The molecule has 0 saturated heterocycles. The van der Waals surface area contributed by atoms with Gasteiger partial charge in [0.1, 0.15) is 0 Å². The van der Waals surface area contributed by atoms with Gasteiger partial charge in [-0.05, 0) is 48.3 Å². The monoisotopic (exact) mass is 340 g/mol. The average Bonchev–Trinajstić information content (AvgIpc) is 2.98. The average molecular weight is 341 g/mol. The summed E-state index contributed by atoms with van der Waals surface area (Å²) in [5.41, 5.74) is 1.90. The summed E-state index contributed by atoms with van der Waals surface area (Å²) in [5, 5.41) is 4.42. The Balaban J connectivity index is 2.23. The predicted molar refractivity (Wildman–Crippen MR) is 82.1 cm³/mol. The van der Waals surface area contributed by atoms with Crippen LogP contribution in [0.25, 0.3) is 0 Å². The molecule has 0 bridgehead atoms. The molecule has 0 atom stereocenters. The van der Waals surface area contributed by atoms with Gasteiger partial charge in [-0.1, -0.05) is 6.92 Å². The van der Waals surface area contributed by atoms with Gasteiger partial charge in [0.05, 0.1) is 27.2 Å². The van der Waals surface area contributed by atoms with Crippen molar-refractivity contribution < 1.29 is 4.79 Å². The van der Waals surface area contributed by atoms with Crippen molar-refractivity contribution >= 4 is 33.0 Å². The maximum Gasteiger partial charge on any atom is 0.178 e. The van der Waals surface area contributed by atoms with Gasteiger partial charge in [-0.3, -0.25) is 9.48 Å². The number of hydrogen-bond donors (Lipinski definition) is 0. The number of halogens is 1. The van der Waals surface area contributed by atoms with Crippen LogP contribution in [0.3, 0.4) is 0 Å². The highest BCUT2D eigenvalue weighted by Gasteiger charge is 2.17. The molecule has 5 heteroatoms. The molecule has 2 rings (SSSR count). The smallest absolute Gasteiger partial charge is 0.178 e. The van der Waals surface area contributed by atoms with Crippen molar-refractivity contribution in [1.29, 1.82) is 0 Å². The van der Waals surface area contributed by atoms with Crippen molar-refractivity contribution in [3.05, 3.63) is 37.7 Å². The van der Waals surface area contributed by atoms with Crippen molar-refractivity contribution in [1.82, 2.24) is 9.78 Å². The second-order valence-corrected chi connectivity index (χ2v) is 6.34. The summed E-state index contributed by atoms with van der Waals surface area (Å²) in [6.45, 7) is 6.86. The summed E-state index contributed by atoms with van der Waals surface area (Å²) < 4.78 is 2.85. The minimum absolute atomic E-state index is 0.167. The lowest BCUT2D eigenvalue weighted by molar-refractivity contribution is 0.0994. The zero-order valence-corrected chi connectivity index (χ0v) is 13.8. The molecule has 0 spiro atoms. The number of rotatable bonds is 5. The highest BCUT2D eigenvalue weighted by molar-refractivity contribution is 9.10. The summed E-state index contributed by atoms with van der Waals surface area (Å²) >= 11 is 5.12. The Bertz CT molecular complexity index is 601. The Hall–Kier alpha value is -0.940. The van der Waals surface area contributed by atoms with E-state index in [4.69, 9.17) is 0 Å². The number of ketones is 1. The van der Waals surface area contributed by atoms with Crippen LogP contribution in [0.4, 0.5) is 0 Å². The molecule has 19 heavy (non-hydrogen) atoms. The van der Waals surface area contributed by atoms with Crippen LogP contribution in [0.15, 0.2) is 16.6 Å². The van der Waals surface area contributed by atoms with E-state index in [1.807, 2.05) is 30.7 Å². The maximum absolute atomic E-state index is 12.3. The number of carbonyl (C=O) groups excluding carboxylic acids is 1. The molecule has 0 N–H and O–H groups in total. The van der Waals surface area contributed by atoms with Gasteiger partial charge in [-0.25, -0.2) is 0 Å². The molecule has 0 aliphatic carbocycles. The second kappa shape index (κ2) is 6.01. The van der Waals surface area contributed by atoms with Gasteiger partial charge in [-0.15, -0.1) is 11.3 Å². The van der Waals surface area contributed by atoms with E-state index in [1.54, 1.807) is 11.3 Å². The number of thiophene rings is 1. The number of Topliss-reactive ketones (excluding diaryl/α,β-unsaturated/α-hetero) is 1. The van der Waals surface area contributed by atoms with Crippen molar-refractivity contribution in [3.8, 4) is 0 Å². The summed E-state index contributed by atoms with van der Waals surface area (Å²) in [5.74, 6) is 0.167. The van der Waals surface area contributed by atoms with Crippen molar-refractivity contribution in [2.24, 2.45) is 0 Å². The van der Waals surface area contributed by atoms with Crippen LogP contribution in [0, 0.1) is 6.92 Å². The van der Waals surface area contributed by atoms with E-state index in [0.717, 1.165) is 33.7 Å². The van der Waals surface area contributed by atoms with Crippen LogP contribution in [-0.4, -0.2) is 15.6 Å². The number of carbonyl (C=O) groups is 1. The number of aromatic nitrogens is 2. The summed E-state index contributed by atoms with van der Waals surface area (Å²) in [7, 11) is 0. The fraction of sp³-hybridized carbons (Fsp3) is 0.429. The van der Waals surface area contributed by atoms with Crippen LogP contribution in [0.1, 0.15) is 39.8 Å². The van der Waals surface area contributed by atoms with Crippen molar-refractivity contribution in [2.75, 3.05) is 0 Å². The molecule has 0 aliphatic heterocycles. The Morgan fingerprint density at radius 1 is 1.42 bits per heavy atom. The molecule has 2 aromatic heterocycles. The quantitative estimate of drug-likeness (QED) is 0.770. The van der Waals surface area contributed by atoms with Crippen LogP contribution < -0.4 is 0 Å². The first kappa shape index (κ1) is 14.5. The standard InChI is InChI=1S/C14H17BrN2OS/c1-4-10-6-7-13(19-10)12(18)8-11-14(15)9(3)16-17(11)5-2/h6-7H,4-5,8H2,1-3H3. The molecule has 0 saturated carbocycles. The second-order valence-electron chi connectivity index (χ2n) is 4.38. The number of nitrogens with zero attached hydrogens (tertiary/aromatic N) is 2. The first-order valence-corrected chi connectivity index (χ1v) is 8.01. The lowest BCUT2D eigenvalue weighted by Gasteiger charge is -2.03. The maximum atomic E-state index is 12.3. The molecular weight excluding hydrogens is 324 g/mol. The minimum atomic E-state index is 0.167. The van der Waals surface area contributed by atoms with Crippen molar-refractivity contribution in [2.45, 2.75) is 40.2 Å². The number of aryl methyl sites for hydroxylation is 3. The van der Waals surface area contributed by atoms with E-state index < -0.39 is 0 Å². The van der Waals surface area contributed by atoms with Gasteiger partial charge in [0.2, 0.25) is 0 Å². The van der Waals surface area contributed by atoms with Crippen LogP contribution >= 0.6 is 27.3 Å². The predicted octanol–water partition coefficient (Wildman–Crippen LogP) is 4.02. The van der Waals surface area contributed by atoms with E-state index in [0.29, 0.717) is 6.42 Å². The highest BCUT2D eigenvalue weighted by atomic mass is 79.9. The molecule has 0 amide bonds. The fourth-order valence-corrected chi connectivity index (χ4v) is 3.30. The normalized spacial score (nSPS) is 10.9. The molecule has 2 aromatic rings. The lowest BCUT2D eigenvalue weighted by atomic mass is 10.2. The Labute approximate surface area is 125 Å². The first-order chi connectivity index (χ1) is 9.06. The molecule has 102 valence electrons. The molecule has 0 radical (unpaired) electrons. The van der Waals surface area contributed by atoms with Gasteiger partial charge in [0.15, 0.2) is 5.78 Å². The van der Waals surface area contributed by atoms with Gasteiger partial charge in [0, 0.05) is 11.4 Å². The summed E-state index contributed by atoms with van der Waals surface area (Å²) in [6, 6.07) is 3.97. The topological polar surface area (TPSA) is 34.9 Å². The van der Waals surface area contributed by atoms with E-state index in [1.165, 1.54) is 4.88 Å². The SMILES string of the molecule is CCc1ccc(C(=O)Cc2c(Br)c(C)nn2CC)s1. The molecule has 0 unspecified atom stereocenters. The van der Waals surface area contributed by atoms with Crippen molar-refractivity contribution in [3.63, 3.8) is 0 Å². The van der Waals surface area contributed by atoms with Crippen LogP contribution in [-0.2, 0) is 19.4 Å². The van der Waals surface area contributed by atoms with Gasteiger partial charge in [0.25, 0.3) is 0 Å². The van der Waals surface area contributed by atoms with Crippen LogP contribution in [0.2, 0.25) is 0 Å². The van der Waals surface area contributed by atoms with E-state index in [9.17, 15) is 4.79 Å². The van der Waals surface area contributed by atoms with E-state index in [2.05, 4.69) is 28.0 Å². The fourth-order valence-electron chi connectivity index (χ4n) is 1.99. The largest absolute Gasteiger partial charge is 0.293 e. The third-order valence-corrected chi connectivity index (χ3v) is 5.37. The Morgan fingerprint density at radius 3 is 2.74 bits per heavy atom. The molecular formula is C14H17BrN2OS. The third kappa shape index (κ3) is 2.98. The molecule has 0 fully saturated rings. The van der Waals surface area contributed by atoms with Gasteiger partial charge < -0.3 is 0 Å². The Morgan fingerprint density at radius 2 is 2.16 bits per heavy atom. The Kier molecular flexibility index (Phi) is 4.58. The minimum Gasteiger partial charge on any atom is -0.293 e. The molecule has 0 aliphatic rings. The first-order valence-electron chi connectivity index (χ1n) is 6.40. The van der Waals surface area contributed by atoms with E-state index in [-0.39, 0.29) is 5.78 Å². The zero-order valence-electron chi connectivity index (χ0n) is 11.4. The van der Waals surface area contributed by atoms with Gasteiger partial charge >= 0.3 is 0 Å². The number of hydrogen-bond acceptors (Lipinski definition) is 3. The van der Waals surface area contributed by atoms with Crippen LogP contribution in [0.5, 0.6) is 0 Å².